The third kappa shape index (κ3) is 6.30. The number of carbonyl (C=O) groups excluding carboxylic acids is 1. The number of nitrogens with zero attached hydrogens (tertiary/aromatic N) is 5. The van der Waals surface area contributed by atoms with Gasteiger partial charge in [-0.1, -0.05) is 6.07 Å². The first-order valence-corrected chi connectivity index (χ1v) is 13.6. The lowest BCUT2D eigenvalue weighted by molar-refractivity contribution is 0.0669. The number of carbonyl (C=O) groups is 1. The van der Waals surface area contributed by atoms with Crippen molar-refractivity contribution in [3.05, 3.63) is 76.1 Å². The lowest BCUT2D eigenvalue weighted by Gasteiger charge is -2.35. The maximum absolute atomic E-state index is 14.0. The predicted molar refractivity (Wildman–Crippen MR) is 151 cm³/mol. The van der Waals surface area contributed by atoms with Gasteiger partial charge < -0.3 is 19.6 Å². The predicted octanol–water partition coefficient (Wildman–Crippen LogP) is 4.48. The van der Waals surface area contributed by atoms with Crippen LogP contribution in [0.5, 0.6) is 5.75 Å². The van der Waals surface area contributed by atoms with Crippen LogP contribution < -0.4 is 4.74 Å². The zero-order chi connectivity index (χ0) is 29.0. The first-order chi connectivity index (χ1) is 19.1. The number of aromatic nitrogens is 2. The molecule has 0 saturated heterocycles. The first kappa shape index (κ1) is 29.1. The minimum Gasteiger partial charge on any atom is -0.492 e. The fourth-order valence-electron chi connectivity index (χ4n) is 5.31. The molecule has 210 valence electrons. The molecule has 0 fully saturated rings. The van der Waals surface area contributed by atoms with Gasteiger partial charge in [-0.2, -0.15) is 9.65 Å². The van der Waals surface area contributed by atoms with Gasteiger partial charge in [-0.3, -0.25) is 9.78 Å². The summed E-state index contributed by atoms with van der Waals surface area (Å²) in [7, 11) is 1.95. The second-order valence-electron chi connectivity index (χ2n) is 10.4. The highest BCUT2D eigenvalue weighted by atomic mass is 19.1. The van der Waals surface area contributed by atoms with Gasteiger partial charge in [0.05, 0.1) is 24.4 Å². The van der Waals surface area contributed by atoms with Gasteiger partial charge in [-0.15, -0.1) is 0 Å². The molecule has 1 amide bonds. The molecule has 0 bridgehead atoms. The fraction of sp³-hybridized carbons (Fsp3) is 0.419. The van der Waals surface area contributed by atoms with Crippen molar-refractivity contribution in [3.8, 4) is 22.9 Å². The Balaban J connectivity index is 1.72. The number of rotatable bonds is 10. The average Bonchev–Trinajstić information content (AvgIpc) is 2.91. The van der Waals surface area contributed by atoms with E-state index in [1.165, 1.54) is 12.3 Å². The van der Waals surface area contributed by atoms with Gasteiger partial charge in [0.1, 0.15) is 17.4 Å². The highest BCUT2D eigenvalue weighted by molar-refractivity contribution is 5.99. The molecule has 40 heavy (non-hydrogen) atoms. The normalized spacial score (nSPS) is 14.6. The quantitative estimate of drug-likeness (QED) is 0.375. The van der Waals surface area contributed by atoms with Crippen LogP contribution in [0.4, 0.5) is 4.39 Å². The Kier molecular flexibility index (Phi) is 9.13. The zero-order valence-electron chi connectivity index (χ0n) is 23.7. The monoisotopic (exact) mass is 545 g/mol. The SMILES string of the molecule is CCOc1cc([C@H](C)N2CCc3c(cc(CCN(C)CC(C)O)cc3-c3ccc(F)nc3C)C2=O)ncc1C#N. The van der Waals surface area contributed by atoms with Crippen molar-refractivity contribution in [2.24, 2.45) is 0 Å². The van der Waals surface area contributed by atoms with E-state index in [1.54, 1.807) is 30.9 Å². The van der Waals surface area contributed by atoms with Crippen LogP contribution in [0, 0.1) is 24.2 Å². The minimum atomic E-state index is -0.538. The van der Waals surface area contributed by atoms with E-state index in [9.17, 15) is 19.6 Å². The molecule has 1 aliphatic heterocycles. The number of nitriles is 1. The van der Waals surface area contributed by atoms with Crippen molar-refractivity contribution in [1.82, 2.24) is 19.8 Å². The van der Waals surface area contributed by atoms with Crippen molar-refractivity contribution >= 4 is 5.91 Å². The molecular formula is C31H36FN5O3. The number of aliphatic hydroxyl groups is 1. The molecule has 2 atom stereocenters. The highest BCUT2D eigenvalue weighted by Gasteiger charge is 2.32. The van der Waals surface area contributed by atoms with Gasteiger partial charge in [-0.25, -0.2) is 4.98 Å². The third-order valence-corrected chi connectivity index (χ3v) is 7.31. The van der Waals surface area contributed by atoms with Crippen molar-refractivity contribution in [2.45, 2.75) is 52.7 Å². The van der Waals surface area contributed by atoms with Gasteiger partial charge >= 0.3 is 0 Å². The Morgan fingerprint density at radius 1 is 1.23 bits per heavy atom. The van der Waals surface area contributed by atoms with E-state index in [4.69, 9.17) is 4.74 Å². The molecule has 1 unspecified atom stereocenters. The number of aliphatic hydroxyl groups excluding tert-OH is 1. The first-order valence-electron chi connectivity index (χ1n) is 13.6. The molecule has 3 aromatic rings. The molecule has 1 aromatic carbocycles. The summed E-state index contributed by atoms with van der Waals surface area (Å²) in [6.07, 6.45) is 2.35. The Morgan fingerprint density at radius 3 is 2.65 bits per heavy atom. The molecule has 9 heteroatoms. The zero-order valence-corrected chi connectivity index (χ0v) is 23.7. The largest absolute Gasteiger partial charge is 0.492 e. The van der Waals surface area contributed by atoms with Crippen LogP contribution >= 0.6 is 0 Å². The van der Waals surface area contributed by atoms with E-state index < -0.39 is 12.1 Å². The van der Waals surface area contributed by atoms with Crippen LogP contribution in [0.15, 0.2) is 36.5 Å². The summed E-state index contributed by atoms with van der Waals surface area (Å²) >= 11 is 0. The number of likely N-dealkylation sites (N-methyl/N-ethyl adjacent to an activating group) is 1. The standard InChI is InChI=1S/C31H36FN5O3/c1-6-40-29-15-28(34-17-23(29)16-33)21(4)37-12-10-25-26(24-7-8-30(32)35-20(24)3)13-22(14-27(25)31(37)39)9-11-36(5)18-19(2)38/h7-8,13-15,17,19,21,38H,6,9-12,18H2,1-5H3/t19?,21-/m0/s1. The number of fused-ring (bicyclic) bond motifs is 1. The maximum atomic E-state index is 14.0. The number of aryl methyl sites for hydroxylation is 1. The van der Waals surface area contributed by atoms with Crippen LogP contribution in [0.3, 0.4) is 0 Å². The van der Waals surface area contributed by atoms with Gasteiger partial charge in [0.15, 0.2) is 0 Å². The molecule has 1 aliphatic rings. The lowest BCUT2D eigenvalue weighted by Crippen LogP contribution is -2.40. The van der Waals surface area contributed by atoms with Gasteiger partial charge in [0.2, 0.25) is 5.95 Å². The summed E-state index contributed by atoms with van der Waals surface area (Å²) < 4.78 is 19.5. The summed E-state index contributed by atoms with van der Waals surface area (Å²) in [4.78, 5) is 26.4. The summed E-state index contributed by atoms with van der Waals surface area (Å²) in [6, 6.07) is 10.6. The number of hydrogen-bond acceptors (Lipinski definition) is 7. The smallest absolute Gasteiger partial charge is 0.254 e. The highest BCUT2D eigenvalue weighted by Crippen LogP contribution is 2.36. The van der Waals surface area contributed by atoms with Crippen molar-refractivity contribution in [3.63, 3.8) is 0 Å². The van der Waals surface area contributed by atoms with Crippen LogP contribution in [-0.2, 0) is 12.8 Å². The molecule has 3 heterocycles. The number of ether oxygens (including phenoxy) is 1. The summed E-state index contributed by atoms with van der Waals surface area (Å²) in [5.41, 5.74) is 5.79. The Labute approximate surface area is 235 Å². The number of hydrogen-bond donors (Lipinski definition) is 1. The van der Waals surface area contributed by atoms with Crippen LogP contribution in [0.1, 0.15) is 65.2 Å². The summed E-state index contributed by atoms with van der Waals surface area (Å²) in [5.74, 6) is -0.189. The molecule has 8 nitrogen and oxygen atoms in total. The molecule has 0 spiro atoms. The van der Waals surface area contributed by atoms with E-state index >= 15 is 0 Å². The number of benzene rings is 1. The van der Waals surface area contributed by atoms with E-state index in [0.29, 0.717) is 67.3 Å². The maximum Gasteiger partial charge on any atom is 0.254 e. The fourth-order valence-corrected chi connectivity index (χ4v) is 5.31. The molecular weight excluding hydrogens is 509 g/mol. The lowest BCUT2D eigenvalue weighted by atomic mass is 9.86. The van der Waals surface area contributed by atoms with Crippen LogP contribution in [-0.4, -0.2) is 70.2 Å². The Morgan fingerprint density at radius 2 is 1.98 bits per heavy atom. The van der Waals surface area contributed by atoms with E-state index in [2.05, 4.69) is 27.0 Å². The minimum absolute atomic E-state index is 0.106. The second kappa shape index (κ2) is 12.5. The molecule has 4 rings (SSSR count). The van der Waals surface area contributed by atoms with Gasteiger partial charge in [0.25, 0.3) is 5.91 Å². The summed E-state index contributed by atoms with van der Waals surface area (Å²) in [6.45, 7) is 9.46. The van der Waals surface area contributed by atoms with E-state index in [1.807, 2.05) is 27.0 Å². The number of pyridine rings is 2. The second-order valence-corrected chi connectivity index (χ2v) is 10.4. The van der Waals surface area contributed by atoms with Crippen molar-refractivity contribution in [1.29, 1.82) is 5.26 Å². The molecule has 2 aromatic heterocycles. The van der Waals surface area contributed by atoms with Crippen molar-refractivity contribution < 1.29 is 19.0 Å². The number of halogens is 1. The Bertz CT molecular complexity index is 1440. The molecule has 1 N–H and O–H groups in total. The van der Waals surface area contributed by atoms with E-state index in [-0.39, 0.29) is 11.9 Å². The summed E-state index contributed by atoms with van der Waals surface area (Å²) in [5, 5.41) is 19.2. The molecule has 0 radical (unpaired) electrons. The Hall–Kier alpha value is -3.87. The molecule has 0 aliphatic carbocycles. The van der Waals surface area contributed by atoms with Crippen LogP contribution in [0.25, 0.3) is 11.1 Å². The number of amides is 1. The van der Waals surface area contributed by atoms with E-state index in [0.717, 1.165) is 22.3 Å². The van der Waals surface area contributed by atoms with Crippen LogP contribution in [0.2, 0.25) is 0 Å². The van der Waals surface area contributed by atoms with Crippen molar-refractivity contribution in [2.75, 3.05) is 33.3 Å². The average molecular weight is 546 g/mol. The van der Waals surface area contributed by atoms with Gasteiger partial charge in [-0.05, 0) is 82.5 Å². The molecule has 0 saturated carbocycles. The van der Waals surface area contributed by atoms with Gasteiger partial charge in [0, 0.05) is 48.7 Å². The third-order valence-electron chi connectivity index (χ3n) is 7.31. The topological polar surface area (TPSA) is 103 Å².